The minimum absolute atomic E-state index is 0.243. The first-order valence-electron chi connectivity index (χ1n) is 6.49. The van der Waals surface area contributed by atoms with E-state index < -0.39 is 0 Å². The molecule has 2 aromatic rings. The molecule has 0 aliphatic rings. The van der Waals surface area contributed by atoms with Crippen LogP contribution in [-0.4, -0.2) is 28.8 Å². The number of aryl methyl sites for hydroxylation is 1. The lowest BCUT2D eigenvalue weighted by atomic mass is 10.2. The zero-order valence-corrected chi connectivity index (χ0v) is 11.3. The van der Waals surface area contributed by atoms with E-state index in [9.17, 15) is 9.59 Å². The standard InChI is InChI=1S/C14H18N4O2/c1-10-3-5-11(6-4-10)18-13(19)9-12(17-18)14(20)16-8-2-7-15/h3-6,9,17H,2,7-8,15H2,1H3,(H,16,20). The second-order valence-electron chi connectivity index (χ2n) is 4.58. The second kappa shape index (κ2) is 6.21. The minimum Gasteiger partial charge on any atom is -0.351 e. The lowest BCUT2D eigenvalue weighted by Gasteiger charge is -2.03. The van der Waals surface area contributed by atoms with Crippen LogP contribution in [-0.2, 0) is 0 Å². The van der Waals surface area contributed by atoms with E-state index in [1.54, 1.807) is 0 Å². The summed E-state index contributed by atoms with van der Waals surface area (Å²) >= 11 is 0. The molecule has 106 valence electrons. The maximum Gasteiger partial charge on any atom is 0.271 e. The molecule has 0 atom stereocenters. The summed E-state index contributed by atoms with van der Waals surface area (Å²) in [5.74, 6) is -0.304. The van der Waals surface area contributed by atoms with E-state index in [0.29, 0.717) is 25.2 Å². The molecular weight excluding hydrogens is 256 g/mol. The number of hydrogen-bond acceptors (Lipinski definition) is 3. The lowest BCUT2D eigenvalue weighted by molar-refractivity contribution is 0.0948. The van der Waals surface area contributed by atoms with Gasteiger partial charge in [-0.1, -0.05) is 17.7 Å². The van der Waals surface area contributed by atoms with Crippen molar-refractivity contribution in [3.63, 3.8) is 0 Å². The van der Waals surface area contributed by atoms with Crippen LogP contribution in [0, 0.1) is 6.92 Å². The Bertz CT molecular complexity index is 640. The molecule has 0 aliphatic heterocycles. The number of carbonyl (C=O) groups excluding carboxylic acids is 1. The Hall–Kier alpha value is -2.34. The molecule has 6 heteroatoms. The predicted molar refractivity (Wildman–Crippen MR) is 77.1 cm³/mol. The molecule has 20 heavy (non-hydrogen) atoms. The van der Waals surface area contributed by atoms with Gasteiger partial charge in [0.25, 0.3) is 11.5 Å². The van der Waals surface area contributed by atoms with Gasteiger partial charge in [-0.15, -0.1) is 0 Å². The Labute approximate surface area is 116 Å². The molecule has 0 aliphatic carbocycles. The fourth-order valence-electron chi connectivity index (χ4n) is 1.80. The number of aromatic nitrogens is 2. The van der Waals surface area contributed by atoms with E-state index >= 15 is 0 Å². The Morgan fingerprint density at radius 2 is 2.05 bits per heavy atom. The monoisotopic (exact) mass is 274 g/mol. The number of nitrogens with zero attached hydrogens (tertiary/aromatic N) is 1. The molecule has 0 unspecified atom stereocenters. The lowest BCUT2D eigenvalue weighted by Crippen LogP contribution is -2.26. The van der Waals surface area contributed by atoms with E-state index in [1.807, 2.05) is 31.2 Å². The molecule has 1 aromatic heterocycles. The highest BCUT2D eigenvalue weighted by Gasteiger charge is 2.11. The van der Waals surface area contributed by atoms with Crippen LogP contribution in [0.2, 0.25) is 0 Å². The Kier molecular flexibility index (Phi) is 4.37. The Morgan fingerprint density at radius 3 is 2.70 bits per heavy atom. The molecule has 0 fully saturated rings. The molecule has 0 bridgehead atoms. The van der Waals surface area contributed by atoms with Crippen molar-refractivity contribution in [1.29, 1.82) is 0 Å². The van der Waals surface area contributed by atoms with Gasteiger partial charge in [-0.3, -0.25) is 14.7 Å². The van der Waals surface area contributed by atoms with Gasteiger partial charge in [-0.2, -0.15) is 0 Å². The van der Waals surface area contributed by atoms with Crippen molar-refractivity contribution in [2.75, 3.05) is 13.1 Å². The van der Waals surface area contributed by atoms with Crippen LogP contribution in [0.5, 0.6) is 0 Å². The van der Waals surface area contributed by atoms with Crippen LogP contribution in [0.15, 0.2) is 35.1 Å². The minimum atomic E-state index is -0.304. The molecule has 1 aromatic carbocycles. The molecular formula is C14H18N4O2. The number of carbonyl (C=O) groups is 1. The molecule has 0 spiro atoms. The molecule has 2 rings (SSSR count). The number of hydrogen-bond donors (Lipinski definition) is 3. The molecule has 4 N–H and O–H groups in total. The zero-order chi connectivity index (χ0) is 14.5. The van der Waals surface area contributed by atoms with Gasteiger partial charge in [0.05, 0.1) is 5.69 Å². The van der Waals surface area contributed by atoms with Crippen LogP contribution in [0.3, 0.4) is 0 Å². The van der Waals surface area contributed by atoms with Crippen LogP contribution in [0.4, 0.5) is 0 Å². The highest BCUT2D eigenvalue weighted by molar-refractivity contribution is 5.92. The van der Waals surface area contributed by atoms with Crippen molar-refractivity contribution in [2.45, 2.75) is 13.3 Å². The van der Waals surface area contributed by atoms with E-state index in [1.165, 1.54) is 10.7 Å². The van der Waals surface area contributed by atoms with Gasteiger partial charge in [0.1, 0.15) is 5.69 Å². The summed E-state index contributed by atoms with van der Waals surface area (Å²) in [6, 6.07) is 8.75. The Balaban J connectivity index is 2.19. The van der Waals surface area contributed by atoms with E-state index in [0.717, 1.165) is 5.56 Å². The summed E-state index contributed by atoms with van der Waals surface area (Å²) in [4.78, 5) is 23.7. The summed E-state index contributed by atoms with van der Waals surface area (Å²) < 4.78 is 1.34. The number of benzene rings is 1. The molecule has 6 nitrogen and oxygen atoms in total. The van der Waals surface area contributed by atoms with Gasteiger partial charge in [0, 0.05) is 12.6 Å². The zero-order valence-electron chi connectivity index (χ0n) is 11.3. The summed E-state index contributed by atoms with van der Waals surface area (Å²) in [5.41, 5.74) is 7.13. The number of rotatable bonds is 5. The number of amides is 1. The van der Waals surface area contributed by atoms with E-state index in [-0.39, 0.29) is 17.2 Å². The Morgan fingerprint density at radius 1 is 1.35 bits per heavy atom. The summed E-state index contributed by atoms with van der Waals surface area (Å²) in [6.07, 6.45) is 0.703. The highest BCUT2D eigenvalue weighted by Crippen LogP contribution is 2.06. The largest absolute Gasteiger partial charge is 0.351 e. The van der Waals surface area contributed by atoms with Gasteiger partial charge >= 0.3 is 0 Å². The first-order chi connectivity index (χ1) is 9.61. The summed E-state index contributed by atoms with van der Waals surface area (Å²) in [5, 5.41) is 5.50. The van der Waals surface area contributed by atoms with Gasteiger partial charge < -0.3 is 11.1 Å². The van der Waals surface area contributed by atoms with Crippen molar-refractivity contribution in [3.8, 4) is 5.69 Å². The topological polar surface area (TPSA) is 92.9 Å². The molecule has 0 saturated heterocycles. The number of H-pyrrole nitrogens is 1. The van der Waals surface area contributed by atoms with Crippen LogP contribution < -0.4 is 16.6 Å². The average Bonchev–Trinajstić information content (AvgIpc) is 2.82. The smallest absolute Gasteiger partial charge is 0.271 e. The molecule has 0 radical (unpaired) electrons. The van der Waals surface area contributed by atoms with Crippen LogP contribution >= 0.6 is 0 Å². The fourth-order valence-corrected chi connectivity index (χ4v) is 1.80. The van der Waals surface area contributed by atoms with E-state index in [4.69, 9.17) is 5.73 Å². The number of nitrogens with one attached hydrogen (secondary N) is 2. The molecule has 0 saturated carbocycles. The van der Waals surface area contributed by atoms with Gasteiger partial charge in [0.2, 0.25) is 0 Å². The van der Waals surface area contributed by atoms with Crippen molar-refractivity contribution in [1.82, 2.24) is 15.1 Å². The normalized spacial score (nSPS) is 10.5. The van der Waals surface area contributed by atoms with Crippen LogP contribution in [0.1, 0.15) is 22.5 Å². The average molecular weight is 274 g/mol. The van der Waals surface area contributed by atoms with Gasteiger partial charge in [-0.05, 0) is 32.0 Å². The third-order valence-corrected chi connectivity index (χ3v) is 2.92. The van der Waals surface area contributed by atoms with Gasteiger partial charge in [0.15, 0.2) is 0 Å². The van der Waals surface area contributed by atoms with Gasteiger partial charge in [-0.25, -0.2) is 4.68 Å². The SMILES string of the molecule is Cc1ccc(-n2[nH]c(C(=O)NCCCN)cc2=O)cc1. The third-order valence-electron chi connectivity index (χ3n) is 2.92. The van der Waals surface area contributed by atoms with Crippen molar-refractivity contribution in [2.24, 2.45) is 5.73 Å². The van der Waals surface area contributed by atoms with E-state index in [2.05, 4.69) is 10.4 Å². The highest BCUT2D eigenvalue weighted by atomic mass is 16.2. The molecule has 1 heterocycles. The second-order valence-corrected chi connectivity index (χ2v) is 4.58. The maximum atomic E-state index is 11.9. The van der Waals surface area contributed by atoms with Crippen molar-refractivity contribution < 1.29 is 4.79 Å². The predicted octanol–water partition coefficient (Wildman–Crippen LogP) is 0.553. The summed E-state index contributed by atoms with van der Waals surface area (Å²) in [7, 11) is 0. The summed E-state index contributed by atoms with van der Waals surface area (Å²) in [6.45, 7) is 2.98. The maximum absolute atomic E-state index is 11.9. The number of nitrogens with two attached hydrogens (primary N) is 1. The van der Waals surface area contributed by atoms with Crippen molar-refractivity contribution >= 4 is 5.91 Å². The third kappa shape index (κ3) is 3.16. The van der Waals surface area contributed by atoms with Crippen LogP contribution in [0.25, 0.3) is 5.69 Å². The first kappa shape index (κ1) is 14.1. The van der Waals surface area contributed by atoms with Crippen molar-refractivity contribution in [3.05, 3.63) is 51.9 Å². The quantitative estimate of drug-likeness (QED) is 0.695. The molecule has 1 amide bonds. The first-order valence-corrected chi connectivity index (χ1v) is 6.49. The fraction of sp³-hybridized carbons (Fsp3) is 0.286. The number of aromatic amines is 1.